The van der Waals surface area contributed by atoms with Gasteiger partial charge in [0.2, 0.25) is 0 Å². The van der Waals surface area contributed by atoms with Crippen LogP contribution in [-0.2, 0) is 0 Å². The fourth-order valence-electron chi connectivity index (χ4n) is 2.15. The summed E-state index contributed by atoms with van der Waals surface area (Å²) in [5.74, 6) is 0.671. The number of hydrogen-bond donors (Lipinski definition) is 2. The number of hydrogen-bond acceptors (Lipinski definition) is 5. The third-order valence-electron chi connectivity index (χ3n) is 3.29. The van der Waals surface area contributed by atoms with Crippen molar-refractivity contribution in [3.8, 4) is 0 Å². The van der Waals surface area contributed by atoms with Gasteiger partial charge in [-0.15, -0.1) is 10.2 Å². The molecule has 0 aromatic carbocycles. The van der Waals surface area contributed by atoms with Crippen molar-refractivity contribution < 1.29 is 5.11 Å². The first kappa shape index (κ1) is 12.0. The van der Waals surface area contributed by atoms with Gasteiger partial charge < -0.3 is 10.4 Å². The number of nitrogens with one attached hydrogen (secondary N) is 1. The van der Waals surface area contributed by atoms with Crippen LogP contribution < -0.4 is 5.32 Å². The zero-order valence-corrected chi connectivity index (χ0v) is 10.9. The molecule has 0 aliphatic carbocycles. The van der Waals surface area contributed by atoms with Gasteiger partial charge in [-0.2, -0.15) is 0 Å². The summed E-state index contributed by atoms with van der Waals surface area (Å²) in [5.41, 5.74) is 0.272. The van der Waals surface area contributed by atoms with Crippen molar-refractivity contribution in [2.45, 2.75) is 23.6 Å². The molecule has 1 aliphatic rings. The summed E-state index contributed by atoms with van der Waals surface area (Å²) in [6.45, 7) is 1.77. The summed E-state index contributed by atoms with van der Waals surface area (Å²) in [6.07, 6.45) is 3.55. The van der Waals surface area contributed by atoms with Crippen LogP contribution in [0.25, 0.3) is 5.65 Å². The number of aromatic nitrogens is 3. The van der Waals surface area contributed by atoms with E-state index in [1.165, 1.54) is 0 Å². The minimum Gasteiger partial charge on any atom is -0.389 e. The average molecular weight is 264 g/mol. The minimum atomic E-state index is -0.573. The summed E-state index contributed by atoms with van der Waals surface area (Å²) in [6, 6.07) is 5.83. The smallest absolute Gasteiger partial charge is 0.195 e. The molecule has 96 valence electrons. The number of rotatable bonds is 3. The second-order valence-corrected chi connectivity index (χ2v) is 5.62. The highest BCUT2D eigenvalue weighted by Gasteiger charge is 2.29. The topological polar surface area (TPSA) is 62.5 Å². The first-order valence-corrected chi connectivity index (χ1v) is 7.11. The zero-order valence-electron chi connectivity index (χ0n) is 10.0. The third kappa shape index (κ3) is 2.36. The Morgan fingerprint density at radius 3 is 3.00 bits per heavy atom. The molecule has 0 atom stereocenters. The molecular weight excluding hydrogens is 248 g/mol. The molecule has 2 aromatic heterocycles. The van der Waals surface area contributed by atoms with Gasteiger partial charge in [-0.1, -0.05) is 17.8 Å². The molecule has 5 nitrogen and oxygen atoms in total. The van der Waals surface area contributed by atoms with Crippen LogP contribution in [0, 0.1) is 0 Å². The Balaban J connectivity index is 1.73. The molecular formula is C12H16N4OS. The number of thioether (sulfide) groups is 1. The van der Waals surface area contributed by atoms with Gasteiger partial charge in [-0.3, -0.25) is 4.40 Å². The molecule has 1 saturated heterocycles. The number of aliphatic hydroxyl groups is 1. The Morgan fingerprint density at radius 2 is 2.17 bits per heavy atom. The molecule has 3 heterocycles. The number of nitrogens with zero attached hydrogens (tertiary/aromatic N) is 3. The Hall–Kier alpha value is -1.11. The third-order valence-corrected chi connectivity index (χ3v) is 4.50. The Labute approximate surface area is 110 Å². The molecule has 2 N–H and O–H groups in total. The lowest BCUT2D eigenvalue weighted by molar-refractivity contribution is 0.0338. The van der Waals surface area contributed by atoms with E-state index < -0.39 is 5.60 Å². The van der Waals surface area contributed by atoms with E-state index in [0.717, 1.165) is 36.7 Å². The van der Waals surface area contributed by atoms with E-state index >= 15 is 0 Å². The first-order chi connectivity index (χ1) is 8.77. The van der Waals surface area contributed by atoms with Gasteiger partial charge in [-0.05, 0) is 38.1 Å². The number of pyridine rings is 1. The highest BCUT2D eigenvalue weighted by Crippen LogP contribution is 2.27. The fourth-order valence-corrected chi connectivity index (χ4v) is 3.23. The maximum atomic E-state index is 10.4. The molecule has 3 rings (SSSR count). The van der Waals surface area contributed by atoms with E-state index in [0.29, 0.717) is 5.75 Å². The molecule has 1 aliphatic heterocycles. The van der Waals surface area contributed by atoms with E-state index in [2.05, 4.69) is 15.5 Å². The van der Waals surface area contributed by atoms with Crippen LogP contribution in [0.4, 0.5) is 0 Å². The van der Waals surface area contributed by atoms with Crippen LogP contribution in [0.1, 0.15) is 12.8 Å². The first-order valence-electron chi connectivity index (χ1n) is 6.13. The number of piperidine rings is 1. The molecule has 0 bridgehead atoms. The van der Waals surface area contributed by atoms with Gasteiger partial charge in [0.15, 0.2) is 10.8 Å². The highest BCUT2D eigenvalue weighted by atomic mass is 32.2. The summed E-state index contributed by atoms with van der Waals surface area (Å²) in [5, 5.41) is 22.8. The van der Waals surface area contributed by atoms with Crippen molar-refractivity contribution in [2.24, 2.45) is 0 Å². The summed E-state index contributed by atoms with van der Waals surface area (Å²) >= 11 is 1.57. The van der Waals surface area contributed by atoms with Crippen molar-refractivity contribution in [3.63, 3.8) is 0 Å². The predicted octanol–water partition coefficient (Wildman–Crippen LogP) is 0.936. The standard InChI is InChI=1S/C12H16N4OS/c17-12(4-6-13-7-5-12)9-18-11-15-14-10-3-1-2-8-16(10)11/h1-3,8,13,17H,4-7,9H2. The molecule has 18 heavy (non-hydrogen) atoms. The van der Waals surface area contributed by atoms with E-state index in [9.17, 15) is 5.11 Å². The van der Waals surface area contributed by atoms with Crippen molar-refractivity contribution >= 4 is 17.4 Å². The maximum absolute atomic E-state index is 10.4. The SMILES string of the molecule is OC1(CSc2nnc3ccccn23)CCNCC1. The Kier molecular flexibility index (Phi) is 3.23. The minimum absolute atomic E-state index is 0.573. The van der Waals surface area contributed by atoms with E-state index in [4.69, 9.17) is 0 Å². The van der Waals surface area contributed by atoms with Crippen molar-refractivity contribution in [3.05, 3.63) is 24.4 Å². The monoisotopic (exact) mass is 264 g/mol. The van der Waals surface area contributed by atoms with Gasteiger partial charge in [-0.25, -0.2) is 0 Å². The van der Waals surface area contributed by atoms with Crippen LogP contribution in [0.2, 0.25) is 0 Å². The van der Waals surface area contributed by atoms with Crippen LogP contribution in [0.3, 0.4) is 0 Å². The largest absolute Gasteiger partial charge is 0.389 e. The lowest BCUT2D eigenvalue weighted by Gasteiger charge is -2.31. The number of fused-ring (bicyclic) bond motifs is 1. The molecule has 1 fully saturated rings. The van der Waals surface area contributed by atoms with Crippen molar-refractivity contribution in [2.75, 3.05) is 18.8 Å². The fraction of sp³-hybridized carbons (Fsp3) is 0.500. The molecule has 0 unspecified atom stereocenters. The molecule has 2 aromatic rings. The summed E-state index contributed by atoms with van der Waals surface area (Å²) in [7, 11) is 0. The van der Waals surface area contributed by atoms with Crippen LogP contribution in [-0.4, -0.2) is 44.1 Å². The van der Waals surface area contributed by atoms with Gasteiger partial charge in [0.1, 0.15) is 0 Å². The van der Waals surface area contributed by atoms with Gasteiger partial charge in [0.25, 0.3) is 0 Å². The quantitative estimate of drug-likeness (QED) is 0.808. The predicted molar refractivity (Wildman–Crippen MR) is 70.8 cm³/mol. The van der Waals surface area contributed by atoms with Crippen molar-refractivity contribution in [1.29, 1.82) is 0 Å². The second kappa shape index (κ2) is 4.87. The van der Waals surface area contributed by atoms with Gasteiger partial charge in [0.05, 0.1) is 5.60 Å². The lowest BCUT2D eigenvalue weighted by atomic mass is 9.95. The molecule has 0 amide bonds. The normalized spacial score (nSPS) is 19.2. The average Bonchev–Trinajstić information content (AvgIpc) is 2.81. The molecule has 0 spiro atoms. The molecule has 0 radical (unpaired) electrons. The zero-order chi connectivity index (χ0) is 12.4. The maximum Gasteiger partial charge on any atom is 0.195 e. The lowest BCUT2D eigenvalue weighted by Crippen LogP contribution is -2.43. The Morgan fingerprint density at radius 1 is 1.33 bits per heavy atom. The van der Waals surface area contributed by atoms with E-state index in [1.54, 1.807) is 11.8 Å². The van der Waals surface area contributed by atoms with E-state index in [-0.39, 0.29) is 0 Å². The van der Waals surface area contributed by atoms with Gasteiger partial charge >= 0.3 is 0 Å². The summed E-state index contributed by atoms with van der Waals surface area (Å²) < 4.78 is 1.95. The van der Waals surface area contributed by atoms with Crippen LogP contribution in [0.5, 0.6) is 0 Å². The molecule has 6 heteroatoms. The van der Waals surface area contributed by atoms with Gasteiger partial charge in [0, 0.05) is 11.9 Å². The Bertz CT molecular complexity index is 536. The van der Waals surface area contributed by atoms with Crippen molar-refractivity contribution in [1.82, 2.24) is 19.9 Å². The second-order valence-electron chi connectivity index (χ2n) is 4.67. The van der Waals surface area contributed by atoms with Crippen LogP contribution in [0.15, 0.2) is 29.6 Å². The van der Waals surface area contributed by atoms with E-state index in [1.807, 2.05) is 28.8 Å². The van der Waals surface area contributed by atoms with Crippen LogP contribution >= 0.6 is 11.8 Å². The highest BCUT2D eigenvalue weighted by molar-refractivity contribution is 7.99. The summed E-state index contributed by atoms with van der Waals surface area (Å²) in [4.78, 5) is 0. The molecule has 0 saturated carbocycles.